The molecule has 154 valence electrons. The van der Waals surface area contributed by atoms with Crippen LogP contribution in [0.25, 0.3) is 0 Å². The van der Waals surface area contributed by atoms with Crippen LogP contribution in [0.3, 0.4) is 0 Å². The molecule has 2 N–H and O–H groups in total. The highest BCUT2D eigenvalue weighted by Crippen LogP contribution is 2.23. The second-order valence-electron chi connectivity index (χ2n) is 6.90. The van der Waals surface area contributed by atoms with Crippen molar-refractivity contribution < 1.29 is 8.42 Å². The van der Waals surface area contributed by atoms with E-state index in [2.05, 4.69) is 51.7 Å². The molecule has 1 aromatic carbocycles. The lowest BCUT2D eigenvalue weighted by Crippen LogP contribution is -2.39. The van der Waals surface area contributed by atoms with Gasteiger partial charge in [0.05, 0.1) is 11.8 Å². The molecule has 1 fully saturated rings. The minimum absolute atomic E-state index is 0. The first-order valence-corrected chi connectivity index (χ1v) is 11.5. The molecule has 0 radical (unpaired) electrons. The normalized spacial score (nSPS) is 16.0. The molecule has 0 spiro atoms. The van der Waals surface area contributed by atoms with Crippen LogP contribution < -0.4 is 15.5 Å². The third kappa shape index (κ3) is 8.68. The number of nitrogens with one attached hydrogen (secondary N) is 2. The van der Waals surface area contributed by atoms with E-state index in [1.165, 1.54) is 30.3 Å². The van der Waals surface area contributed by atoms with Crippen molar-refractivity contribution in [2.75, 3.05) is 43.1 Å². The summed E-state index contributed by atoms with van der Waals surface area (Å²) in [5, 5.41) is 6.65. The summed E-state index contributed by atoms with van der Waals surface area (Å²) >= 11 is 0. The highest BCUT2D eigenvalue weighted by atomic mass is 127. The van der Waals surface area contributed by atoms with Crippen molar-refractivity contribution in [3.8, 4) is 0 Å². The molecule has 8 heteroatoms. The lowest BCUT2D eigenvalue weighted by molar-refractivity contribution is 0.599. The zero-order valence-electron chi connectivity index (χ0n) is 16.6. The standard InChI is InChI=1S/C19H32N4O2S.HI/c1-4-20-19(21-11-8-14-26(3,24)25)22-16(2)17-9-7-10-18(15-17)23-12-5-6-13-23;/h7,9-10,15-16H,4-6,8,11-14H2,1-3H3,(H2,20,21,22);1H. The number of anilines is 1. The Morgan fingerprint density at radius 3 is 2.63 bits per heavy atom. The summed E-state index contributed by atoms with van der Waals surface area (Å²) in [6, 6.07) is 8.77. The minimum atomic E-state index is -2.93. The summed E-state index contributed by atoms with van der Waals surface area (Å²) < 4.78 is 22.4. The van der Waals surface area contributed by atoms with Crippen molar-refractivity contribution in [1.29, 1.82) is 0 Å². The molecule has 6 nitrogen and oxygen atoms in total. The van der Waals surface area contributed by atoms with Gasteiger partial charge in [0, 0.05) is 38.1 Å². The summed E-state index contributed by atoms with van der Waals surface area (Å²) in [6.07, 6.45) is 4.33. The highest BCUT2D eigenvalue weighted by molar-refractivity contribution is 14.0. The van der Waals surface area contributed by atoms with Crippen LogP contribution in [-0.4, -0.2) is 52.6 Å². The maximum Gasteiger partial charge on any atom is 0.191 e. The van der Waals surface area contributed by atoms with Crippen LogP contribution in [0, 0.1) is 0 Å². The van der Waals surface area contributed by atoms with Gasteiger partial charge in [0.2, 0.25) is 0 Å². The van der Waals surface area contributed by atoms with E-state index in [-0.39, 0.29) is 35.8 Å². The van der Waals surface area contributed by atoms with Gasteiger partial charge in [-0.25, -0.2) is 8.42 Å². The Labute approximate surface area is 181 Å². The predicted molar refractivity (Wildman–Crippen MR) is 125 cm³/mol. The van der Waals surface area contributed by atoms with Crippen molar-refractivity contribution >= 4 is 45.5 Å². The van der Waals surface area contributed by atoms with Crippen molar-refractivity contribution in [3.63, 3.8) is 0 Å². The number of hydrogen-bond donors (Lipinski definition) is 2. The summed E-state index contributed by atoms with van der Waals surface area (Å²) in [5.41, 5.74) is 2.50. The first-order valence-electron chi connectivity index (χ1n) is 9.46. The second kappa shape index (κ2) is 11.7. The maximum atomic E-state index is 11.2. The van der Waals surface area contributed by atoms with Gasteiger partial charge in [0.1, 0.15) is 9.84 Å². The number of aliphatic imine (C=N–C) groups is 1. The monoisotopic (exact) mass is 508 g/mol. The zero-order valence-corrected chi connectivity index (χ0v) is 19.7. The van der Waals surface area contributed by atoms with Crippen molar-refractivity contribution in [2.45, 2.75) is 39.2 Å². The van der Waals surface area contributed by atoms with Gasteiger partial charge in [-0.15, -0.1) is 24.0 Å². The van der Waals surface area contributed by atoms with Crippen LogP contribution in [0.5, 0.6) is 0 Å². The number of nitrogens with zero attached hydrogens (tertiary/aromatic N) is 2. The van der Waals surface area contributed by atoms with Gasteiger partial charge >= 0.3 is 0 Å². The van der Waals surface area contributed by atoms with Gasteiger partial charge in [-0.3, -0.25) is 4.99 Å². The molecule has 1 atom stereocenters. The summed E-state index contributed by atoms with van der Waals surface area (Å²) in [6.45, 7) is 7.66. The Morgan fingerprint density at radius 2 is 2.00 bits per heavy atom. The topological polar surface area (TPSA) is 73.8 Å². The van der Waals surface area contributed by atoms with E-state index >= 15 is 0 Å². The summed E-state index contributed by atoms with van der Waals surface area (Å²) in [7, 11) is -2.93. The van der Waals surface area contributed by atoms with Crippen molar-refractivity contribution in [1.82, 2.24) is 10.6 Å². The van der Waals surface area contributed by atoms with Crippen LogP contribution in [0.15, 0.2) is 29.3 Å². The number of guanidine groups is 1. The van der Waals surface area contributed by atoms with Crippen molar-refractivity contribution in [2.24, 2.45) is 4.99 Å². The fraction of sp³-hybridized carbons (Fsp3) is 0.632. The van der Waals surface area contributed by atoms with E-state index in [1.54, 1.807) is 0 Å². The molecule has 1 aromatic rings. The smallest absolute Gasteiger partial charge is 0.191 e. The van der Waals surface area contributed by atoms with Gasteiger partial charge in [-0.2, -0.15) is 0 Å². The number of rotatable bonds is 8. The third-order valence-electron chi connectivity index (χ3n) is 4.48. The number of benzene rings is 1. The van der Waals surface area contributed by atoms with Crippen LogP contribution >= 0.6 is 24.0 Å². The molecular weight excluding hydrogens is 475 g/mol. The molecule has 0 aromatic heterocycles. The van der Waals surface area contributed by atoms with Crippen LogP contribution in [0.2, 0.25) is 0 Å². The average molecular weight is 508 g/mol. The van der Waals surface area contributed by atoms with Gasteiger partial charge in [-0.1, -0.05) is 12.1 Å². The molecule has 0 amide bonds. The Hall–Kier alpha value is -1.03. The first kappa shape index (κ1) is 24.0. The molecule has 0 bridgehead atoms. The van der Waals surface area contributed by atoms with Gasteiger partial charge < -0.3 is 15.5 Å². The number of hydrogen-bond acceptors (Lipinski definition) is 4. The molecule has 1 saturated heterocycles. The van der Waals surface area contributed by atoms with E-state index < -0.39 is 9.84 Å². The lowest BCUT2D eigenvalue weighted by atomic mass is 10.1. The van der Waals surface area contributed by atoms with Crippen LogP contribution in [-0.2, 0) is 9.84 Å². The maximum absolute atomic E-state index is 11.2. The molecule has 2 rings (SSSR count). The van der Waals surface area contributed by atoms with Crippen LogP contribution in [0.4, 0.5) is 5.69 Å². The van der Waals surface area contributed by atoms with E-state index in [0.717, 1.165) is 25.6 Å². The zero-order chi connectivity index (χ0) is 19.0. The molecule has 1 aliphatic heterocycles. The predicted octanol–water partition coefficient (Wildman–Crippen LogP) is 2.96. The van der Waals surface area contributed by atoms with E-state index in [0.29, 0.717) is 13.0 Å². The Kier molecular flexibility index (Phi) is 10.4. The summed E-state index contributed by atoms with van der Waals surface area (Å²) in [5.74, 6) is 0.892. The Bertz CT molecular complexity index is 703. The molecule has 1 unspecified atom stereocenters. The average Bonchev–Trinajstić information content (AvgIpc) is 3.12. The number of halogens is 1. The largest absolute Gasteiger partial charge is 0.372 e. The third-order valence-corrected chi connectivity index (χ3v) is 5.51. The Morgan fingerprint density at radius 1 is 1.30 bits per heavy atom. The fourth-order valence-electron chi connectivity index (χ4n) is 3.09. The van der Waals surface area contributed by atoms with Gasteiger partial charge in [0.15, 0.2) is 5.96 Å². The molecule has 27 heavy (non-hydrogen) atoms. The first-order chi connectivity index (χ1) is 12.4. The van der Waals surface area contributed by atoms with Crippen LogP contribution in [0.1, 0.15) is 44.7 Å². The van der Waals surface area contributed by atoms with E-state index in [1.807, 2.05) is 6.92 Å². The SMILES string of the molecule is CCNC(=NCCCS(C)(=O)=O)NC(C)c1cccc(N2CCCC2)c1.I. The quantitative estimate of drug-likeness (QED) is 0.245. The molecule has 0 aliphatic carbocycles. The lowest BCUT2D eigenvalue weighted by Gasteiger charge is -2.22. The van der Waals surface area contributed by atoms with E-state index in [4.69, 9.17) is 0 Å². The fourth-order valence-corrected chi connectivity index (χ4v) is 3.75. The minimum Gasteiger partial charge on any atom is -0.372 e. The second-order valence-corrected chi connectivity index (χ2v) is 9.16. The van der Waals surface area contributed by atoms with Gasteiger partial charge in [0.25, 0.3) is 0 Å². The summed E-state index contributed by atoms with van der Waals surface area (Å²) in [4.78, 5) is 6.93. The Balaban J connectivity index is 0.00000364. The highest BCUT2D eigenvalue weighted by Gasteiger charge is 2.14. The molecule has 1 heterocycles. The van der Waals surface area contributed by atoms with Gasteiger partial charge in [-0.05, 0) is 50.8 Å². The van der Waals surface area contributed by atoms with Crippen molar-refractivity contribution in [3.05, 3.63) is 29.8 Å². The molecule has 0 saturated carbocycles. The molecule has 1 aliphatic rings. The number of sulfone groups is 1. The molecular formula is C19H33IN4O2S. The van der Waals surface area contributed by atoms with E-state index in [9.17, 15) is 8.42 Å².